The summed E-state index contributed by atoms with van der Waals surface area (Å²) in [5.74, 6) is -0.454. The number of nitrogens with one attached hydrogen (secondary N) is 1. The van der Waals surface area contributed by atoms with Crippen molar-refractivity contribution in [2.45, 2.75) is 32.6 Å². The van der Waals surface area contributed by atoms with E-state index in [1.165, 1.54) is 22.6 Å². The van der Waals surface area contributed by atoms with Crippen LogP contribution < -0.4 is 9.62 Å². The van der Waals surface area contributed by atoms with Gasteiger partial charge in [0.2, 0.25) is 10.0 Å². The highest BCUT2D eigenvalue weighted by atomic mass is 32.2. The SMILES string of the molecule is CC(C)(C)c1ccc(-c2ccc3c(c2)CCN(c2ccc(O)c(NS(C)(=O)=O)n2)C3=O)cc1. The lowest BCUT2D eigenvalue weighted by atomic mass is 9.86. The molecule has 8 heteroatoms. The van der Waals surface area contributed by atoms with E-state index >= 15 is 0 Å². The van der Waals surface area contributed by atoms with Crippen LogP contribution in [0.25, 0.3) is 11.1 Å². The number of sulfonamides is 1. The Kier molecular flexibility index (Phi) is 5.66. The molecule has 2 aromatic carbocycles. The molecular weight excluding hydrogens is 438 g/mol. The van der Waals surface area contributed by atoms with Crippen molar-refractivity contribution in [1.82, 2.24) is 4.98 Å². The molecule has 0 aliphatic carbocycles. The van der Waals surface area contributed by atoms with Crippen LogP contribution in [0.1, 0.15) is 42.3 Å². The van der Waals surface area contributed by atoms with Gasteiger partial charge in [-0.2, -0.15) is 0 Å². The molecule has 0 spiro atoms. The number of pyridine rings is 1. The maximum absolute atomic E-state index is 13.2. The van der Waals surface area contributed by atoms with Gasteiger partial charge in [0, 0.05) is 12.1 Å². The third-order valence-electron chi connectivity index (χ3n) is 5.69. The van der Waals surface area contributed by atoms with Crippen LogP contribution in [0.4, 0.5) is 11.6 Å². The molecule has 2 heterocycles. The van der Waals surface area contributed by atoms with E-state index in [-0.39, 0.29) is 28.7 Å². The molecule has 0 saturated carbocycles. The number of amides is 1. The van der Waals surface area contributed by atoms with Gasteiger partial charge in [-0.15, -0.1) is 0 Å². The van der Waals surface area contributed by atoms with Crippen molar-refractivity contribution < 1.29 is 18.3 Å². The Morgan fingerprint density at radius 3 is 2.30 bits per heavy atom. The third-order valence-corrected chi connectivity index (χ3v) is 6.25. The number of hydrogen-bond acceptors (Lipinski definition) is 5. The highest BCUT2D eigenvalue weighted by Gasteiger charge is 2.27. The molecule has 0 fully saturated rings. The third kappa shape index (κ3) is 4.85. The van der Waals surface area contributed by atoms with Crippen LogP contribution in [0.5, 0.6) is 5.75 Å². The smallest absolute Gasteiger partial charge is 0.259 e. The first-order valence-electron chi connectivity index (χ1n) is 10.7. The molecule has 7 nitrogen and oxygen atoms in total. The number of hydrogen-bond donors (Lipinski definition) is 2. The largest absolute Gasteiger partial charge is 0.504 e. The quantitative estimate of drug-likeness (QED) is 0.598. The fourth-order valence-electron chi connectivity index (χ4n) is 3.89. The molecule has 1 aromatic heterocycles. The van der Waals surface area contributed by atoms with Crippen LogP contribution in [-0.4, -0.2) is 37.2 Å². The van der Waals surface area contributed by atoms with Gasteiger partial charge in [-0.1, -0.05) is 57.2 Å². The van der Waals surface area contributed by atoms with Crippen LogP contribution >= 0.6 is 0 Å². The average Bonchev–Trinajstić information content (AvgIpc) is 2.74. The van der Waals surface area contributed by atoms with Crippen LogP contribution in [0.15, 0.2) is 54.6 Å². The Labute approximate surface area is 194 Å². The lowest BCUT2D eigenvalue weighted by molar-refractivity contribution is 0.0980. The molecule has 0 radical (unpaired) electrons. The first kappa shape index (κ1) is 22.8. The first-order chi connectivity index (χ1) is 15.4. The maximum atomic E-state index is 13.2. The predicted octanol–water partition coefficient (Wildman–Crippen LogP) is 4.33. The molecule has 1 amide bonds. The van der Waals surface area contributed by atoms with Gasteiger partial charge in [-0.25, -0.2) is 13.4 Å². The number of fused-ring (bicyclic) bond motifs is 1. The Hall–Kier alpha value is -3.39. The van der Waals surface area contributed by atoms with Gasteiger partial charge >= 0.3 is 0 Å². The van der Waals surface area contributed by atoms with Gasteiger partial charge in [-0.05, 0) is 52.3 Å². The van der Waals surface area contributed by atoms with E-state index in [0.717, 1.165) is 22.9 Å². The summed E-state index contributed by atoms with van der Waals surface area (Å²) in [5, 5.41) is 9.93. The normalized spacial score (nSPS) is 14.2. The summed E-state index contributed by atoms with van der Waals surface area (Å²) >= 11 is 0. The number of anilines is 2. The second-order valence-corrected chi connectivity index (χ2v) is 11.1. The van der Waals surface area contributed by atoms with Gasteiger partial charge in [0.1, 0.15) is 5.82 Å². The predicted molar refractivity (Wildman–Crippen MR) is 130 cm³/mol. The zero-order chi connectivity index (χ0) is 24.0. The van der Waals surface area contributed by atoms with Crippen LogP contribution in [0, 0.1) is 0 Å². The Balaban J connectivity index is 1.61. The molecular formula is C25H27N3O4S. The van der Waals surface area contributed by atoms with Crippen molar-refractivity contribution in [3.63, 3.8) is 0 Å². The van der Waals surface area contributed by atoms with Crippen molar-refractivity contribution in [1.29, 1.82) is 0 Å². The number of rotatable bonds is 4. The van der Waals surface area contributed by atoms with Crippen molar-refractivity contribution in [3.05, 3.63) is 71.3 Å². The van der Waals surface area contributed by atoms with Crippen LogP contribution in [0.2, 0.25) is 0 Å². The second-order valence-electron chi connectivity index (χ2n) is 9.32. The standard InChI is InChI=1S/C25H27N3O4S/c1-25(2,3)19-8-5-16(6-9-19)17-7-10-20-18(15-17)13-14-28(24(20)30)22-12-11-21(29)23(26-22)27-33(4,31)32/h5-12,15,29H,13-14H2,1-4H3,(H,26,27). The number of aromatic hydroxyl groups is 1. The Morgan fingerprint density at radius 1 is 1.00 bits per heavy atom. The van der Waals surface area contributed by atoms with E-state index in [9.17, 15) is 18.3 Å². The van der Waals surface area contributed by atoms with Crippen molar-refractivity contribution in [2.24, 2.45) is 0 Å². The van der Waals surface area contributed by atoms with Crippen molar-refractivity contribution >= 4 is 27.6 Å². The Bertz CT molecular complexity index is 1330. The molecule has 1 aliphatic rings. The van der Waals surface area contributed by atoms with Crippen molar-refractivity contribution in [3.8, 4) is 16.9 Å². The van der Waals surface area contributed by atoms with Gasteiger partial charge in [-0.3, -0.25) is 14.4 Å². The van der Waals surface area contributed by atoms with Gasteiger partial charge < -0.3 is 5.11 Å². The molecule has 33 heavy (non-hydrogen) atoms. The topological polar surface area (TPSA) is 99.6 Å². The minimum atomic E-state index is -3.63. The first-order valence-corrected chi connectivity index (χ1v) is 12.5. The minimum absolute atomic E-state index is 0.0865. The van der Waals surface area contributed by atoms with E-state index < -0.39 is 10.0 Å². The van der Waals surface area contributed by atoms with Gasteiger partial charge in [0.15, 0.2) is 11.6 Å². The molecule has 0 unspecified atom stereocenters. The van der Waals surface area contributed by atoms with E-state index in [1.54, 1.807) is 0 Å². The molecule has 172 valence electrons. The minimum Gasteiger partial charge on any atom is -0.504 e. The fraction of sp³-hybridized carbons (Fsp3) is 0.280. The number of nitrogens with zero attached hydrogens (tertiary/aromatic N) is 2. The number of carbonyl (C=O) groups is 1. The van der Waals surface area contributed by atoms with Crippen LogP contribution in [-0.2, 0) is 21.9 Å². The fourth-order valence-corrected chi connectivity index (χ4v) is 4.39. The zero-order valence-electron chi connectivity index (χ0n) is 19.1. The van der Waals surface area contributed by atoms with E-state index in [2.05, 4.69) is 60.8 Å². The molecule has 0 saturated heterocycles. The highest BCUT2D eigenvalue weighted by molar-refractivity contribution is 7.92. The monoisotopic (exact) mass is 465 g/mol. The number of carbonyl (C=O) groups excluding carboxylic acids is 1. The highest BCUT2D eigenvalue weighted by Crippen LogP contribution is 2.32. The van der Waals surface area contributed by atoms with Gasteiger partial charge in [0.25, 0.3) is 5.91 Å². The summed E-state index contributed by atoms with van der Waals surface area (Å²) < 4.78 is 25.3. The summed E-state index contributed by atoms with van der Waals surface area (Å²) in [6.07, 6.45) is 1.60. The molecule has 3 aromatic rings. The molecule has 0 bridgehead atoms. The van der Waals surface area contributed by atoms with E-state index in [4.69, 9.17) is 0 Å². The Morgan fingerprint density at radius 2 is 1.67 bits per heavy atom. The van der Waals surface area contributed by atoms with E-state index in [1.807, 2.05) is 12.1 Å². The molecule has 2 N–H and O–H groups in total. The summed E-state index contributed by atoms with van der Waals surface area (Å²) in [4.78, 5) is 18.8. The second kappa shape index (κ2) is 8.19. The van der Waals surface area contributed by atoms with Gasteiger partial charge in [0.05, 0.1) is 6.26 Å². The number of benzene rings is 2. The van der Waals surface area contributed by atoms with Crippen molar-refractivity contribution in [2.75, 3.05) is 22.4 Å². The molecule has 0 atom stereocenters. The van der Waals surface area contributed by atoms with E-state index in [0.29, 0.717) is 18.5 Å². The summed E-state index contributed by atoms with van der Waals surface area (Å²) in [5.41, 5.74) is 5.05. The zero-order valence-corrected chi connectivity index (χ0v) is 19.9. The molecule has 1 aliphatic heterocycles. The van der Waals surface area contributed by atoms with Crippen LogP contribution in [0.3, 0.4) is 0 Å². The summed E-state index contributed by atoms with van der Waals surface area (Å²) in [6, 6.07) is 17.1. The lowest BCUT2D eigenvalue weighted by Gasteiger charge is -2.28. The number of aromatic nitrogens is 1. The maximum Gasteiger partial charge on any atom is 0.259 e. The average molecular weight is 466 g/mol. The summed E-state index contributed by atoms with van der Waals surface area (Å²) in [6.45, 7) is 6.94. The lowest BCUT2D eigenvalue weighted by Crippen LogP contribution is -2.38. The summed E-state index contributed by atoms with van der Waals surface area (Å²) in [7, 11) is -3.63. The molecule has 4 rings (SSSR count).